The summed E-state index contributed by atoms with van der Waals surface area (Å²) in [4.78, 5) is 21.8. The highest BCUT2D eigenvalue weighted by Gasteiger charge is 2.18. The number of benzene rings is 2. The van der Waals surface area contributed by atoms with Crippen molar-refractivity contribution in [3.63, 3.8) is 0 Å². The van der Waals surface area contributed by atoms with Crippen LogP contribution in [0.25, 0.3) is 22.2 Å². The van der Waals surface area contributed by atoms with Gasteiger partial charge in [0.2, 0.25) is 0 Å². The quantitative estimate of drug-likeness (QED) is 0.523. The van der Waals surface area contributed by atoms with Crippen LogP contribution in [0.3, 0.4) is 0 Å². The van der Waals surface area contributed by atoms with Crippen molar-refractivity contribution < 1.29 is 0 Å². The molecule has 5 nitrogen and oxygen atoms in total. The van der Waals surface area contributed by atoms with Gasteiger partial charge in [0.05, 0.1) is 28.3 Å². The first-order valence-electron chi connectivity index (χ1n) is 9.17. The lowest BCUT2D eigenvalue weighted by Gasteiger charge is -2.22. The predicted octanol–water partition coefficient (Wildman–Crippen LogP) is 4.76. The fourth-order valence-corrected chi connectivity index (χ4v) is 3.63. The first-order chi connectivity index (χ1) is 14.1. The van der Waals surface area contributed by atoms with Gasteiger partial charge in [-0.1, -0.05) is 48.5 Å². The van der Waals surface area contributed by atoms with Crippen molar-refractivity contribution in [3.05, 3.63) is 107 Å². The lowest BCUT2D eigenvalue weighted by molar-refractivity contribution is 0.650. The van der Waals surface area contributed by atoms with Crippen LogP contribution >= 0.6 is 11.6 Å². The van der Waals surface area contributed by atoms with Crippen LogP contribution in [0, 0.1) is 0 Å². The highest BCUT2D eigenvalue weighted by Crippen LogP contribution is 2.26. The van der Waals surface area contributed by atoms with Crippen molar-refractivity contribution in [2.45, 2.75) is 13.0 Å². The van der Waals surface area contributed by atoms with Gasteiger partial charge in [-0.25, -0.2) is 0 Å². The van der Waals surface area contributed by atoms with Crippen molar-refractivity contribution in [3.8, 4) is 5.69 Å². The van der Waals surface area contributed by atoms with E-state index >= 15 is 0 Å². The van der Waals surface area contributed by atoms with E-state index in [4.69, 9.17) is 11.6 Å². The third kappa shape index (κ3) is 3.65. The first kappa shape index (κ1) is 18.9. The monoisotopic (exact) mass is 402 g/mol. The van der Waals surface area contributed by atoms with E-state index in [1.807, 2.05) is 55.5 Å². The fourth-order valence-electron chi connectivity index (χ4n) is 3.37. The van der Waals surface area contributed by atoms with E-state index in [1.165, 1.54) is 0 Å². The average molecular weight is 403 g/mol. The van der Waals surface area contributed by atoms with Gasteiger partial charge >= 0.3 is 0 Å². The molecule has 1 atom stereocenters. The Labute approximate surface area is 173 Å². The number of rotatable bonds is 5. The highest BCUT2D eigenvalue weighted by molar-refractivity contribution is 6.35. The molecule has 0 radical (unpaired) electrons. The number of aromatic nitrogens is 3. The van der Waals surface area contributed by atoms with Crippen LogP contribution in [0.2, 0.25) is 5.02 Å². The number of fused-ring (bicyclic) bond motifs is 1. The fraction of sp³-hybridized carbons (Fsp3) is 0.0870. The van der Waals surface area contributed by atoms with Gasteiger partial charge in [-0.3, -0.25) is 19.3 Å². The van der Waals surface area contributed by atoms with E-state index in [2.05, 4.69) is 21.9 Å². The number of nitrogens with zero attached hydrogens (tertiary/aromatic N) is 3. The second-order valence-electron chi connectivity index (χ2n) is 6.68. The Bertz CT molecular complexity index is 1240. The molecule has 0 aliphatic carbocycles. The Balaban J connectivity index is 1.86. The van der Waals surface area contributed by atoms with Gasteiger partial charge in [0.1, 0.15) is 5.69 Å². The van der Waals surface area contributed by atoms with Crippen LogP contribution < -0.4 is 10.9 Å². The standard InChI is InChI=1S/C23H19ClN4O/c1-15(20-14-25-11-12-26-20)27-16(2)21-13-17-7-6-10-19(24)22(17)23(29)28(21)18-8-4-3-5-9-18/h3-14,16,27H,1H2,2H3/t16-/m0/s1. The Morgan fingerprint density at radius 3 is 2.66 bits per heavy atom. The molecular weight excluding hydrogens is 384 g/mol. The molecule has 0 spiro atoms. The zero-order valence-corrected chi connectivity index (χ0v) is 16.6. The molecule has 2 heterocycles. The summed E-state index contributed by atoms with van der Waals surface area (Å²) in [5.41, 5.74) is 2.68. The molecule has 1 N–H and O–H groups in total. The number of hydrogen-bond acceptors (Lipinski definition) is 4. The SMILES string of the molecule is C=C(N[C@@H](C)c1cc2cccc(Cl)c2c(=O)n1-c1ccccc1)c1cnccn1. The van der Waals surface area contributed by atoms with Crippen molar-refractivity contribution in [1.82, 2.24) is 19.9 Å². The molecule has 0 unspecified atom stereocenters. The maximum absolute atomic E-state index is 13.4. The second kappa shape index (κ2) is 7.89. The number of para-hydroxylation sites is 1. The second-order valence-corrected chi connectivity index (χ2v) is 7.09. The molecular formula is C23H19ClN4O. The molecule has 29 heavy (non-hydrogen) atoms. The number of halogens is 1. The van der Waals surface area contributed by atoms with Gasteiger partial charge in [0.15, 0.2) is 0 Å². The normalized spacial score (nSPS) is 11.9. The zero-order valence-electron chi connectivity index (χ0n) is 15.8. The molecule has 2 aromatic carbocycles. The smallest absolute Gasteiger partial charge is 0.264 e. The van der Waals surface area contributed by atoms with Crippen LogP contribution in [0.15, 0.2) is 84.6 Å². The number of nitrogens with one attached hydrogen (secondary N) is 1. The Kier molecular flexibility index (Phi) is 5.14. The van der Waals surface area contributed by atoms with E-state index < -0.39 is 0 Å². The topological polar surface area (TPSA) is 59.8 Å². The van der Waals surface area contributed by atoms with Crippen molar-refractivity contribution >= 4 is 28.1 Å². The summed E-state index contributed by atoms with van der Waals surface area (Å²) in [7, 11) is 0. The third-order valence-electron chi connectivity index (χ3n) is 4.75. The van der Waals surface area contributed by atoms with Gasteiger partial charge in [-0.2, -0.15) is 0 Å². The molecule has 0 aliphatic heterocycles. The van der Waals surface area contributed by atoms with Crippen molar-refractivity contribution in [2.24, 2.45) is 0 Å². The van der Waals surface area contributed by atoms with Crippen LogP contribution in [0.4, 0.5) is 0 Å². The summed E-state index contributed by atoms with van der Waals surface area (Å²) >= 11 is 6.36. The molecule has 4 aromatic rings. The summed E-state index contributed by atoms with van der Waals surface area (Å²) in [5, 5.41) is 5.07. The minimum atomic E-state index is -0.221. The summed E-state index contributed by atoms with van der Waals surface area (Å²) in [6.45, 7) is 6.05. The van der Waals surface area contributed by atoms with Crippen LogP contribution in [-0.2, 0) is 0 Å². The van der Waals surface area contributed by atoms with Crippen LogP contribution in [0.1, 0.15) is 24.4 Å². The molecule has 144 valence electrons. The predicted molar refractivity (Wildman–Crippen MR) is 117 cm³/mol. The molecule has 2 aromatic heterocycles. The van der Waals surface area contributed by atoms with E-state index in [-0.39, 0.29) is 11.6 Å². The summed E-state index contributed by atoms with van der Waals surface area (Å²) < 4.78 is 1.69. The van der Waals surface area contributed by atoms with Crippen molar-refractivity contribution in [1.29, 1.82) is 0 Å². The lowest BCUT2D eigenvalue weighted by atomic mass is 10.1. The van der Waals surface area contributed by atoms with Gasteiger partial charge in [0, 0.05) is 23.8 Å². The minimum Gasteiger partial charge on any atom is -0.376 e. The van der Waals surface area contributed by atoms with Crippen molar-refractivity contribution in [2.75, 3.05) is 0 Å². The van der Waals surface area contributed by atoms with Crippen LogP contribution in [0.5, 0.6) is 0 Å². The Morgan fingerprint density at radius 1 is 1.14 bits per heavy atom. The Morgan fingerprint density at radius 2 is 1.93 bits per heavy atom. The molecule has 0 bridgehead atoms. The van der Waals surface area contributed by atoms with E-state index in [0.29, 0.717) is 21.8 Å². The summed E-state index contributed by atoms with van der Waals surface area (Å²) in [6, 6.07) is 16.8. The summed E-state index contributed by atoms with van der Waals surface area (Å²) in [5.74, 6) is 0. The average Bonchev–Trinajstić information content (AvgIpc) is 2.74. The maximum atomic E-state index is 13.4. The van der Waals surface area contributed by atoms with E-state index in [1.54, 1.807) is 29.2 Å². The molecule has 6 heteroatoms. The molecule has 0 amide bonds. The molecule has 0 saturated carbocycles. The van der Waals surface area contributed by atoms with Gasteiger partial charge in [0.25, 0.3) is 5.56 Å². The van der Waals surface area contributed by atoms with E-state index in [9.17, 15) is 4.79 Å². The highest BCUT2D eigenvalue weighted by atomic mass is 35.5. The molecule has 4 rings (SSSR count). The van der Waals surface area contributed by atoms with Gasteiger partial charge < -0.3 is 5.32 Å². The lowest BCUT2D eigenvalue weighted by Crippen LogP contribution is -2.28. The molecule has 0 aliphatic rings. The third-order valence-corrected chi connectivity index (χ3v) is 5.06. The first-order valence-corrected chi connectivity index (χ1v) is 9.55. The zero-order chi connectivity index (χ0) is 20.4. The molecule has 0 saturated heterocycles. The Hall–Kier alpha value is -3.44. The van der Waals surface area contributed by atoms with Crippen LogP contribution in [-0.4, -0.2) is 14.5 Å². The van der Waals surface area contributed by atoms with E-state index in [0.717, 1.165) is 16.8 Å². The van der Waals surface area contributed by atoms with Gasteiger partial charge in [-0.05, 0) is 36.6 Å². The maximum Gasteiger partial charge on any atom is 0.264 e. The number of pyridine rings is 1. The molecule has 0 fully saturated rings. The number of hydrogen-bond donors (Lipinski definition) is 1. The summed E-state index contributed by atoms with van der Waals surface area (Å²) in [6.07, 6.45) is 4.87. The largest absolute Gasteiger partial charge is 0.376 e. The van der Waals surface area contributed by atoms with Gasteiger partial charge in [-0.15, -0.1) is 0 Å². The minimum absolute atomic E-state index is 0.159.